The molecule has 1 atom stereocenters. The van der Waals surface area contributed by atoms with Crippen LogP contribution in [0, 0.1) is 0 Å². The molecule has 0 saturated carbocycles. The lowest BCUT2D eigenvalue weighted by Gasteiger charge is -2.06. The molecule has 0 spiro atoms. The molecule has 2 aromatic heterocycles. The fourth-order valence-electron chi connectivity index (χ4n) is 1.49. The third-order valence-corrected chi connectivity index (χ3v) is 3.41. The molecule has 86 valence electrons. The maximum atomic E-state index is 9.35. The van der Waals surface area contributed by atoms with E-state index in [1.54, 1.807) is 0 Å². The van der Waals surface area contributed by atoms with Gasteiger partial charge in [-0.1, -0.05) is 24.8 Å². The van der Waals surface area contributed by atoms with Gasteiger partial charge in [0.1, 0.15) is 10.7 Å². The van der Waals surface area contributed by atoms with Crippen LogP contribution in [0.1, 0.15) is 12.6 Å². The molecule has 0 saturated heterocycles. The Morgan fingerprint density at radius 1 is 1.44 bits per heavy atom. The van der Waals surface area contributed by atoms with Crippen LogP contribution in [0.2, 0.25) is 0 Å². The van der Waals surface area contributed by atoms with E-state index in [9.17, 15) is 5.11 Å². The van der Waals surface area contributed by atoms with Crippen molar-refractivity contribution in [3.8, 4) is 0 Å². The number of aromatic nitrogens is 2. The smallest absolute Gasteiger partial charge is 0.138 e. The minimum atomic E-state index is -0.0499. The average Bonchev–Trinajstić information content (AvgIpc) is 2.65. The summed E-state index contributed by atoms with van der Waals surface area (Å²) in [5.74, 6) is 0. The summed E-state index contributed by atoms with van der Waals surface area (Å²) in [5.41, 5.74) is 1.60. The fraction of sp³-hybridized carbons (Fsp3) is 0.364. The third-order valence-electron chi connectivity index (χ3n) is 2.31. The van der Waals surface area contributed by atoms with Gasteiger partial charge in [0.2, 0.25) is 0 Å². The highest BCUT2D eigenvalue weighted by Gasteiger charge is 2.13. The molecule has 5 heteroatoms. The van der Waals surface area contributed by atoms with E-state index in [0.717, 1.165) is 16.4 Å². The van der Waals surface area contributed by atoms with E-state index < -0.39 is 0 Å². The summed E-state index contributed by atoms with van der Waals surface area (Å²) in [5, 5.41) is 19.2. The van der Waals surface area contributed by atoms with Gasteiger partial charge < -0.3 is 14.6 Å². The van der Waals surface area contributed by atoms with E-state index in [1.807, 2.05) is 35.7 Å². The molecular formula is C11H14N2O2S. The van der Waals surface area contributed by atoms with Crippen molar-refractivity contribution < 1.29 is 10.2 Å². The topological polar surface area (TPSA) is 57.8 Å². The van der Waals surface area contributed by atoms with E-state index in [2.05, 4.69) is 4.98 Å². The first-order valence-corrected chi connectivity index (χ1v) is 5.98. The molecule has 2 N–H and O–H groups in total. The second-order valence-corrected chi connectivity index (χ2v) is 4.99. The maximum absolute atomic E-state index is 9.35. The first kappa shape index (κ1) is 11.4. The van der Waals surface area contributed by atoms with Gasteiger partial charge in [-0.2, -0.15) is 0 Å². The van der Waals surface area contributed by atoms with Crippen LogP contribution in [-0.2, 0) is 6.61 Å². The van der Waals surface area contributed by atoms with E-state index in [0.29, 0.717) is 0 Å². The number of hydrogen-bond donors (Lipinski definition) is 2. The van der Waals surface area contributed by atoms with Crippen molar-refractivity contribution in [2.24, 2.45) is 0 Å². The number of pyridine rings is 1. The van der Waals surface area contributed by atoms with E-state index in [-0.39, 0.29) is 18.5 Å². The standard InChI is InChI=1S/C11H14N2O2S/c1-8(6-14)16-11-9(7-15)13-5-3-2-4-10(13)12-11/h2-5,8,14-15H,6-7H2,1H3. The lowest BCUT2D eigenvalue weighted by Crippen LogP contribution is -2.03. The molecule has 2 rings (SSSR count). The number of imidazole rings is 1. The highest BCUT2D eigenvalue weighted by molar-refractivity contribution is 7.99. The molecule has 0 aliphatic rings. The molecule has 1 unspecified atom stereocenters. The van der Waals surface area contributed by atoms with Crippen LogP contribution in [-0.4, -0.2) is 31.5 Å². The molecule has 0 aliphatic carbocycles. The maximum Gasteiger partial charge on any atom is 0.138 e. The zero-order valence-corrected chi connectivity index (χ0v) is 9.81. The lowest BCUT2D eigenvalue weighted by molar-refractivity contribution is 0.272. The Balaban J connectivity index is 2.44. The van der Waals surface area contributed by atoms with Crippen molar-refractivity contribution in [1.82, 2.24) is 9.38 Å². The Bertz CT molecular complexity index is 484. The van der Waals surface area contributed by atoms with Gasteiger partial charge in [-0.3, -0.25) is 0 Å². The summed E-state index contributed by atoms with van der Waals surface area (Å²) < 4.78 is 1.87. The van der Waals surface area contributed by atoms with Crippen molar-refractivity contribution in [1.29, 1.82) is 0 Å². The normalized spacial score (nSPS) is 13.2. The summed E-state index contributed by atoms with van der Waals surface area (Å²) >= 11 is 1.48. The van der Waals surface area contributed by atoms with Gasteiger partial charge in [-0.25, -0.2) is 4.98 Å². The molecule has 2 aromatic rings. The van der Waals surface area contributed by atoms with Crippen molar-refractivity contribution >= 4 is 17.4 Å². The van der Waals surface area contributed by atoms with Crippen LogP contribution in [0.3, 0.4) is 0 Å². The van der Waals surface area contributed by atoms with Gasteiger partial charge in [0, 0.05) is 11.4 Å². The highest BCUT2D eigenvalue weighted by atomic mass is 32.2. The van der Waals surface area contributed by atoms with Crippen LogP contribution >= 0.6 is 11.8 Å². The molecule has 0 amide bonds. The second-order valence-electron chi connectivity index (χ2n) is 3.56. The fourth-order valence-corrected chi connectivity index (χ4v) is 2.39. The number of aliphatic hydroxyl groups is 2. The summed E-state index contributed by atoms with van der Waals surface area (Å²) in [6.45, 7) is 1.98. The van der Waals surface area contributed by atoms with Crippen LogP contribution < -0.4 is 0 Å². The predicted octanol–water partition coefficient (Wildman–Crippen LogP) is 1.30. The SMILES string of the molecule is CC(CO)Sc1nc2ccccn2c1CO. The predicted molar refractivity (Wildman–Crippen MR) is 63.5 cm³/mol. The molecule has 0 bridgehead atoms. The second kappa shape index (κ2) is 4.86. The van der Waals surface area contributed by atoms with Crippen LogP contribution in [0.25, 0.3) is 5.65 Å². The highest BCUT2D eigenvalue weighted by Crippen LogP contribution is 2.26. The van der Waals surface area contributed by atoms with Gasteiger partial charge in [-0.15, -0.1) is 0 Å². The first-order valence-electron chi connectivity index (χ1n) is 5.10. The molecule has 0 aromatic carbocycles. The molecule has 4 nitrogen and oxygen atoms in total. The quantitative estimate of drug-likeness (QED) is 0.788. The third kappa shape index (κ3) is 2.07. The van der Waals surface area contributed by atoms with Crippen LogP contribution in [0.5, 0.6) is 0 Å². The van der Waals surface area contributed by atoms with Crippen LogP contribution in [0.4, 0.5) is 0 Å². The Kier molecular flexibility index (Phi) is 3.48. The van der Waals surface area contributed by atoms with Crippen molar-refractivity contribution in [3.05, 3.63) is 30.1 Å². The monoisotopic (exact) mass is 238 g/mol. The number of rotatable bonds is 4. The number of nitrogens with zero attached hydrogens (tertiary/aromatic N) is 2. The minimum absolute atomic E-state index is 0.0499. The number of hydrogen-bond acceptors (Lipinski definition) is 4. The van der Waals surface area contributed by atoms with Gasteiger partial charge in [0.25, 0.3) is 0 Å². The van der Waals surface area contributed by atoms with Crippen LogP contribution in [0.15, 0.2) is 29.4 Å². The summed E-state index contributed by atoms with van der Waals surface area (Å²) in [6.07, 6.45) is 1.88. The van der Waals surface area contributed by atoms with Gasteiger partial charge in [0.15, 0.2) is 0 Å². The molecule has 0 fully saturated rings. The van der Waals surface area contributed by atoms with Crippen molar-refractivity contribution in [2.45, 2.75) is 23.8 Å². The zero-order valence-electron chi connectivity index (χ0n) is 9.00. The molecular weight excluding hydrogens is 224 g/mol. The Hall–Kier alpha value is -1.04. The zero-order chi connectivity index (χ0) is 11.5. The minimum Gasteiger partial charge on any atom is -0.395 e. The van der Waals surface area contributed by atoms with E-state index >= 15 is 0 Å². The summed E-state index contributed by atoms with van der Waals surface area (Å²) in [6, 6.07) is 5.71. The van der Waals surface area contributed by atoms with Gasteiger partial charge in [-0.05, 0) is 12.1 Å². The van der Waals surface area contributed by atoms with Gasteiger partial charge in [0.05, 0.1) is 18.9 Å². The molecule has 16 heavy (non-hydrogen) atoms. The van der Waals surface area contributed by atoms with Crippen molar-refractivity contribution in [2.75, 3.05) is 6.61 Å². The van der Waals surface area contributed by atoms with Crippen molar-refractivity contribution in [3.63, 3.8) is 0 Å². The number of thioether (sulfide) groups is 1. The van der Waals surface area contributed by atoms with E-state index in [1.165, 1.54) is 11.8 Å². The lowest BCUT2D eigenvalue weighted by atomic mass is 10.4. The average molecular weight is 238 g/mol. The largest absolute Gasteiger partial charge is 0.395 e. The molecule has 0 aliphatic heterocycles. The van der Waals surface area contributed by atoms with E-state index in [4.69, 9.17) is 5.11 Å². The first-order chi connectivity index (χ1) is 7.76. The Morgan fingerprint density at radius 3 is 2.94 bits per heavy atom. The Morgan fingerprint density at radius 2 is 2.25 bits per heavy atom. The molecule has 0 radical (unpaired) electrons. The summed E-state index contributed by atoms with van der Waals surface area (Å²) in [7, 11) is 0. The Labute approximate surface area is 97.9 Å². The number of aliphatic hydroxyl groups excluding tert-OH is 2. The van der Waals surface area contributed by atoms with Gasteiger partial charge >= 0.3 is 0 Å². The summed E-state index contributed by atoms with van der Waals surface area (Å²) in [4.78, 5) is 4.43. The number of fused-ring (bicyclic) bond motifs is 1. The molecule has 2 heterocycles.